The largest absolute Gasteiger partial charge is 0.370 e. The molecule has 0 spiro atoms. The van der Waals surface area contributed by atoms with Crippen molar-refractivity contribution in [3.63, 3.8) is 0 Å². The number of nitrogens with one attached hydrogen (secondary N) is 2. The molecule has 0 amide bonds. The number of hydrazine groups is 1. The van der Waals surface area contributed by atoms with Crippen LogP contribution < -0.4 is 16.6 Å². The van der Waals surface area contributed by atoms with Gasteiger partial charge in [0.1, 0.15) is 5.82 Å². The van der Waals surface area contributed by atoms with Crippen LogP contribution in [0, 0.1) is 6.92 Å². The standard InChI is InChI=1S/C12H19N7/c1-10-8-11(17-12(16-10)18-13)15-4-2-3-6-19-7-5-14-9-19/h5,7-9H,2-4,6,13H2,1H3,(H2,15,16,17,18). The summed E-state index contributed by atoms with van der Waals surface area (Å²) in [5.41, 5.74) is 3.33. The van der Waals surface area contributed by atoms with Crippen LogP contribution in [-0.2, 0) is 6.54 Å². The SMILES string of the molecule is Cc1cc(NCCCCn2ccnc2)nc(NN)n1. The van der Waals surface area contributed by atoms with Crippen LogP contribution in [0.15, 0.2) is 24.8 Å². The molecule has 0 bridgehead atoms. The van der Waals surface area contributed by atoms with E-state index in [9.17, 15) is 0 Å². The highest BCUT2D eigenvalue weighted by molar-refractivity contribution is 5.41. The molecule has 0 aliphatic rings. The third-order valence-corrected chi connectivity index (χ3v) is 2.69. The number of nitrogen functional groups attached to an aromatic ring is 1. The van der Waals surface area contributed by atoms with Gasteiger partial charge in [0.15, 0.2) is 0 Å². The molecule has 19 heavy (non-hydrogen) atoms. The molecule has 7 heteroatoms. The van der Waals surface area contributed by atoms with Crippen LogP contribution >= 0.6 is 0 Å². The zero-order chi connectivity index (χ0) is 13.5. The lowest BCUT2D eigenvalue weighted by molar-refractivity contribution is 0.620. The van der Waals surface area contributed by atoms with Crippen LogP contribution in [0.1, 0.15) is 18.5 Å². The van der Waals surface area contributed by atoms with E-state index in [2.05, 4.69) is 30.3 Å². The van der Waals surface area contributed by atoms with Gasteiger partial charge < -0.3 is 9.88 Å². The van der Waals surface area contributed by atoms with E-state index >= 15 is 0 Å². The molecule has 0 radical (unpaired) electrons. The summed E-state index contributed by atoms with van der Waals surface area (Å²) < 4.78 is 2.07. The predicted octanol–water partition coefficient (Wildman–Crippen LogP) is 1.16. The Hall–Kier alpha value is -2.15. The number of hydrogen-bond acceptors (Lipinski definition) is 6. The summed E-state index contributed by atoms with van der Waals surface area (Å²) in [6.45, 7) is 3.77. The second-order valence-corrected chi connectivity index (χ2v) is 4.30. The highest BCUT2D eigenvalue weighted by Crippen LogP contribution is 2.08. The first-order valence-electron chi connectivity index (χ1n) is 6.30. The molecule has 0 aromatic carbocycles. The van der Waals surface area contributed by atoms with Gasteiger partial charge >= 0.3 is 0 Å². The number of hydrogen-bond donors (Lipinski definition) is 3. The molecule has 0 saturated heterocycles. The number of rotatable bonds is 7. The maximum absolute atomic E-state index is 5.31. The summed E-state index contributed by atoms with van der Waals surface area (Å²) in [5.74, 6) is 6.53. The van der Waals surface area contributed by atoms with Crippen LogP contribution in [0.25, 0.3) is 0 Å². The van der Waals surface area contributed by atoms with Crippen molar-refractivity contribution < 1.29 is 0 Å². The smallest absolute Gasteiger partial charge is 0.239 e. The van der Waals surface area contributed by atoms with E-state index in [1.165, 1.54) is 0 Å². The van der Waals surface area contributed by atoms with Crippen molar-refractivity contribution in [3.8, 4) is 0 Å². The Labute approximate surface area is 112 Å². The van der Waals surface area contributed by atoms with Crippen molar-refractivity contribution in [1.82, 2.24) is 19.5 Å². The first-order chi connectivity index (χ1) is 9.28. The van der Waals surface area contributed by atoms with Crippen LogP contribution in [0.4, 0.5) is 11.8 Å². The van der Waals surface area contributed by atoms with Crippen molar-refractivity contribution in [1.29, 1.82) is 0 Å². The molecule has 0 fully saturated rings. The quantitative estimate of drug-likeness (QED) is 0.393. The van der Waals surface area contributed by atoms with E-state index in [1.54, 1.807) is 6.20 Å². The fraction of sp³-hybridized carbons (Fsp3) is 0.417. The maximum Gasteiger partial charge on any atom is 0.239 e. The van der Waals surface area contributed by atoms with Crippen molar-refractivity contribution in [3.05, 3.63) is 30.5 Å². The topological polar surface area (TPSA) is 93.7 Å². The Balaban J connectivity index is 1.72. The van der Waals surface area contributed by atoms with Crippen LogP contribution in [0.2, 0.25) is 0 Å². The van der Waals surface area contributed by atoms with Gasteiger partial charge in [-0.1, -0.05) is 0 Å². The lowest BCUT2D eigenvalue weighted by atomic mass is 10.3. The molecule has 0 saturated carbocycles. The molecule has 0 aliphatic carbocycles. The van der Waals surface area contributed by atoms with Gasteiger partial charge in [-0.15, -0.1) is 0 Å². The van der Waals surface area contributed by atoms with Crippen LogP contribution in [0.5, 0.6) is 0 Å². The van der Waals surface area contributed by atoms with E-state index in [0.29, 0.717) is 5.95 Å². The summed E-state index contributed by atoms with van der Waals surface area (Å²) in [6.07, 6.45) is 7.76. The van der Waals surface area contributed by atoms with Gasteiger partial charge in [-0.25, -0.2) is 15.8 Å². The minimum atomic E-state index is 0.431. The average molecular weight is 261 g/mol. The third-order valence-electron chi connectivity index (χ3n) is 2.69. The maximum atomic E-state index is 5.31. The van der Waals surface area contributed by atoms with Crippen molar-refractivity contribution in [2.75, 3.05) is 17.3 Å². The zero-order valence-corrected chi connectivity index (χ0v) is 11.0. The molecule has 4 N–H and O–H groups in total. The molecule has 7 nitrogen and oxygen atoms in total. The van der Waals surface area contributed by atoms with Gasteiger partial charge in [0, 0.05) is 37.2 Å². The predicted molar refractivity (Wildman–Crippen MR) is 74.5 cm³/mol. The molecular formula is C12H19N7. The van der Waals surface area contributed by atoms with Crippen LogP contribution in [0.3, 0.4) is 0 Å². The van der Waals surface area contributed by atoms with Gasteiger partial charge in [0.2, 0.25) is 5.95 Å². The minimum Gasteiger partial charge on any atom is -0.370 e. The molecule has 2 heterocycles. The number of imidazole rings is 1. The molecule has 0 aliphatic heterocycles. The average Bonchev–Trinajstić information content (AvgIpc) is 2.91. The van der Waals surface area contributed by atoms with Gasteiger partial charge in [0.05, 0.1) is 6.33 Å². The number of aromatic nitrogens is 4. The second kappa shape index (κ2) is 6.69. The monoisotopic (exact) mass is 261 g/mol. The number of aryl methyl sites for hydroxylation is 2. The van der Waals surface area contributed by atoms with Crippen molar-refractivity contribution in [2.24, 2.45) is 5.84 Å². The summed E-state index contributed by atoms with van der Waals surface area (Å²) in [7, 11) is 0. The minimum absolute atomic E-state index is 0.431. The summed E-state index contributed by atoms with van der Waals surface area (Å²) >= 11 is 0. The normalized spacial score (nSPS) is 10.4. The van der Waals surface area contributed by atoms with E-state index in [1.807, 2.05) is 25.5 Å². The van der Waals surface area contributed by atoms with E-state index in [0.717, 1.165) is 37.4 Å². The highest BCUT2D eigenvalue weighted by Gasteiger charge is 2.00. The van der Waals surface area contributed by atoms with Crippen molar-refractivity contribution in [2.45, 2.75) is 26.3 Å². The van der Waals surface area contributed by atoms with Gasteiger partial charge in [-0.05, 0) is 19.8 Å². The Bertz CT molecular complexity index is 495. The fourth-order valence-corrected chi connectivity index (χ4v) is 1.78. The highest BCUT2D eigenvalue weighted by atomic mass is 15.3. The number of unbranched alkanes of at least 4 members (excludes halogenated alkanes) is 1. The lowest BCUT2D eigenvalue weighted by Gasteiger charge is -2.08. The molecule has 2 aromatic heterocycles. The van der Waals surface area contributed by atoms with Gasteiger partial charge in [-0.2, -0.15) is 4.98 Å². The van der Waals surface area contributed by atoms with E-state index in [4.69, 9.17) is 5.84 Å². The van der Waals surface area contributed by atoms with Gasteiger partial charge in [-0.3, -0.25) is 5.43 Å². The zero-order valence-electron chi connectivity index (χ0n) is 11.0. The molecule has 2 rings (SSSR count). The Morgan fingerprint density at radius 2 is 2.21 bits per heavy atom. The Morgan fingerprint density at radius 1 is 1.32 bits per heavy atom. The second-order valence-electron chi connectivity index (χ2n) is 4.30. The van der Waals surface area contributed by atoms with Crippen molar-refractivity contribution >= 4 is 11.8 Å². The third kappa shape index (κ3) is 4.22. The number of nitrogens with two attached hydrogens (primary N) is 1. The lowest BCUT2D eigenvalue weighted by Crippen LogP contribution is -2.13. The number of nitrogens with zero attached hydrogens (tertiary/aromatic N) is 4. The molecule has 0 atom stereocenters. The first-order valence-corrected chi connectivity index (χ1v) is 6.30. The first kappa shape index (κ1) is 13.3. The number of anilines is 2. The Morgan fingerprint density at radius 3 is 2.95 bits per heavy atom. The Kier molecular flexibility index (Phi) is 4.68. The molecule has 0 unspecified atom stereocenters. The summed E-state index contributed by atoms with van der Waals surface area (Å²) in [6, 6.07) is 1.90. The van der Waals surface area contributed by atoms with E-state index < -0.39 is 0 Å². The summed E-state index contributed by atoms with van der Waals surface area (Å²) in [5, 5.41) is 3.27. The molecule has 2 aromatic rings. The molecule has 102 valence electrons. The molecular weight excluding hydrogens is 242 g/mol. The van der Waals surface area contributed by atoms with Gasteiger partial charge in [0.25, 0.3) is 0 Å². The fourth-order valence-electron chi connectivity index (χ4n) is 1.78. The summed E-state index contributed by atoms with van der Waals surface area (Å²) in [4.78, 5) is 12.4. The van der Waals surface area contributed by atoms with Crippen LogP contribution in [-0.4, -0.2) is 26.1 Å². The van der Waals surface area contributed by atoms with E-state index in [-0.39, 0.29) is 0 Å².